The van der Waals surface area contributed by atoms with Crippen molar-refractivity contribution in [1.82, 2.24) is 10.3 Å². The molecule has 1 fully saturated rings. The second-order valence-corrected chi connectivity index (χ2v) is 12.1. The summed E-state index contributed by atoms with van der Waals surface area (Å²) < 4.78 is 23.4. The van der Waals surface area contributed by atoms with E-state index in [9.17, 15) is 23.1 Å². The molecule has 0 aliphatic heterocycles. The number of carboxylic acid groups (broad SMARTS) is 1. The number of allylic oxidation sites excluding steroid dienone is 2. The molecule has 36 heavy (non-hydrogen) atoms. The van der Waals surface area contributed by atoms with E-state index >= 15 is 0 Å². The van der Waals surface area contributed by atoms with E-state index < -0.39 is 27.8 Å². The fourth-order valence-corrected chi connectivity index (χ4v) is 6.21. The standard InChI is InChI=1S/C27H25ClN2O5S/c1-36(34,35)19-6-7-20(22(28)14-19)26(31)30-25(27(32)33)13-16-3-8-23-18(11-16)5-9-24(29-23)21-12-15-2-4-17(21)10-15/h2-9,11,14-15,17,21,25H,10,12-13H2,1H3,(H,30,31)(H,32,33). The number of hydrogen-bond acceptors (Lipinski definition) is 5. The molecule has 186 valence electrons. The predicted octanol–water partition coefficient (Wildman–Crippen LogP) is 4.40. The summed E-state index contributed by atoms with van der Waals surface area (Å²) in [7, 11) is -3.49. The average molecular weight is 525 g/mol. The van der Waals surface area contributed by atoms with Crippen molar-refractivity contribution < 1.29 is 23.1 Å². The minimum atomic E-state index is -3.49. The summed E-state index contributed by atoms with van der Waals surface area (Å²) in [5.41, 5.74) is 2.70. The summed E-state index contributed by atoms with van der Waals surface area (Å²) in [5.74, 6) is -0.204. The number of aromatic nitrogens is 1. The first-order chi connectivity index (χ1) is 17.1. The van der Waals surface area contributed by atoms with Crippen LogP contribution in [0.15, 0.2) is 65.6 Å². The summed E-state index contributed by atoms with van der Waals surface area (Å²) in [6.45, 7) is 0. The van der Waals surface area contributed by atoms with Crippen LogP contribution >= 0.6 is 11.6 Å². The number of aliphatic carboxylic acids is 1. The molecule has 1 aromatic heterocycles. The molecule has 4 unspecified atom stereocenters. The molecule has 1 heterocycles. The first-order valence-electron chi connectivity index (χ1n) is 11.7. The molecule has 0 spiro atoms. The van der Waals surface area contributed by atoms with Crippen LogP contribution in [0.4, 0.5) is 0 Å². The molecular weight excluding hydrogens is 500 g/mol. The van der Waals surface area contributed by atoms with Crippen molar-refractivity contribution in [2.45, 2.75) is 36.1 Å². The Morgan fingerprint density at radius 3 is 2.56 bits per heavy atom. The van der Waals surface area contributed by atoms with Crippen molar-refractivity contribution in [3.8, 4) is 0 Å². The fourth-order valence-electron chi connectivity index (χ4n) is 5.23. The molecule has 0 radical (unpaired) electrons. The van der Waals surface area contributed by atoms with Gasteiger partial charge in [-0.05, 0) is 66.6 Å². The second kappa shape index (κ2) is 9.33. The number of benzene rings is 2. The summed E-state index contributed by atoms with van der Waals surface area (Å²) in [4.78, 5) is 29.5. The van der Waals surface area contributed by atoms with E-state index in [2.05, 4.69) is 23.5 Å². The molecule has 2 aliphatic rings. The molecule has 4 atom stereocenters. The largest absolute Gasteiger partial charge is 0.480 e. The summed E-state index contributed by atoms with van der Waals surface area (Å²) in [5, 5.41) is 13.1. The zero-order valence-corrected chi connectivity index (χ0v) is 21.1. The minimum absolute atomic E-state index is 0.000942. The number of carboxylic acids is 1. The van der Waals surface area contributed by atoms with E-state index in [-0.39, 0.29) is 21.9 Å². The van der Waals surface area contributed by atoms with Gasteiger partial charge in [-0.15, -0.1) is 0 Å². The van der Waals surface area contributed by atoms with Gasteiger partial charge in [0.15, 0.2) is 9.84 Å². The summed E-state index contributed by atoms with van der Waals surface area (Å²) in [6, 6.07) is 12.2. The molecule has 2 bridgehead atoms. The maximum Gasteiger partial charge on any atom is 0.326 e. The van der Waals surface area contributed by atoms with Gasteiger partial charge >= 0.3 is 5.97 Å². The third kappa shape index (κ3) is 4.88. The van der Waals surface area contributed by atoms with Crippen LogP contribution in [0.1, 0.15) is 40.4 Å². The van der Waals surface area contributed by atoms with Crippen molar-refractivity contribution in [3.05, 3.63) is 82.5 Å². The Bertz CT molecular complexity index is 1520. The number of halogens is 1. The fraction of sp³-hybridized carbons (Fsp3) is 0.296. The van der Waals surface area contributed by atoms with Crippen molar-refractivity contribution >= 4 is 44.2 Å². The predicted molar refractivity (Wildman–Crippen MR) is 137 cm³/mol. The lowest BCUT2D eigenvalue weighted by molar-refractivity contribution is -0.139. The second-order valence-electron chi connectivity index (χ2n) is 9.63. The molecular formula is C27H25ClN2O5S. The molecule has 2 N–H and O–H groups in total. The highest BCUT2D eigenvalue weighted by Gasteiger charge is 2.37. The highest BCUT2D eigenvalue weighted by Crippen LogP contribution is 2.48. The van der Waals surface area contributed by atoms with Gasteiger partial charge in [0.05, 0.1) is 21.0 Å². The number of fused-ring (bicyclic) bond motifs is 3. The third-order valence-electron chi connectivity index (χ3n) is 7.09. The summed E-state index contributed by atoms with van der Waals surface area (Å²) in [6.07, 6.45) is 8.06. The molecule has 7 nitrogen and oxygen atoms in total. The zero-order chi connectivity index (χ0) is 25.6. The normalized spacial score (nSPS) is 21.6. The SMILES string of the molecule is CS(=O)(=O)c1ccc(C(=O)NC(Cc2ccc3nc(C4CC5C=CC4C5)ccc3c2)C(=O)O)c(Cl)c1. The van der Waals surface area contributed by atoms with E-state index in [1.54, 1.807) is 0 Å². The number of hydrogen-bond donors (Lipinski definition) is 2. The third-order valence-corrected chi connectivity index (χ3v) is 8.51. The van der Waals surface area contributed by atoms with Crippen LogP contribution in [0.3, 0.4) is 0 Å². The molecule has 2 aliphatic carbocycles. The van der Waals surface area contributed by atoms with Crippen LogP contribution in [0, 0.1) is 11.8 Å². The molecule has 1 saturated carbocycles. The number of sulfone groups is 1. The Morgan fingerprint density at radius 2 is 1.92 bits per heavy atom. The molecule has 0 saturated heterocycles. The lowest BCUT2D eigenvalue weighted by atomic mass is 9.90. The van der Waals surface area contributed by atoms with Crippen molar-refractivity contribution in [2.75, 3.05) is 6.26 Å². The number of nitrogens with zero attached hydrogens (tertiary/aromatic N) is 1. The van der Waals surface area contributed by atoms with Crippen molar-refractivity contribution in [1.29, 1.82) is 0 Å². The van der Waals surface area contributed by atoms with Crippen LogP contribution < -0.4 is 5.32 Å². The first-order valence-corrected chi connectivity index (χ1v) is 14.0. The van der Waals surface area contributed by atoms with Gasteiger partial charge in [0, 0.05) is 29.7 Å². The van der Waals surface area contributed by atoms with Gasteiger partial charge in [-0.2, -0.15) is 0 Å². The van der Waals surface area contributed by atoms with Gasteiger partial charge in [0.2, 0.25) is 0 Å². The molecule has 2 aromatic carbocycles. The van der Waals surface area contributed by atoms with Gasteiger partial charge in [-0.3, -0.25) is 9.78 Å². The lowest BCUT2D eigenvalue weighted by Crippen LogP contribution is -2.42. The van der Waals surface area contributed by atoms with Crippen LogP contribution in [0.25, 0.3) is 10.9 Å². The number of rotatable bonds is 7. The maximum atomic E-state index is 12.7. The quantitative estimate of drug-likeness (QED) is 0.443. The molecule has 1 amide bonds. The lowest BCUT2D eigenvalue weighted by Gasteiger charge is -2.18. The number of pyridine rings is 1. The molecule has 5 rings (SSSR count). The Hall–Kier alpha value is -3.23. The van der Waals surface area contributed by atoms with Crippen LogP contribution in [0.5, 0.6) is 0 Å². The number of amides is 1. The number of nitrogens with one attached hydrogen (secondary N) is 1. The van der Waals surface area contributed by atoms with Gasteiger partial charge in [0.25, 0.3) is 5.91 Å². The van der Waals surface area contributed by atoms with E-state index in [0.717, 1.165) is 34.8 Å². The first kappa shape index (κ1) is 24.5. The number of carbonyl (C=O) groups excluding carboxylic acids is 1. The number of carbonyl (C=O) groups is 2. The minimum Gasteiger partial charge on any atom is -0.480 e. The van der Waals surface area contributed by atoms with Crippen molar-refractivity contribution in [2.24, 2.45) is 11.8 Å². The van der Waals surface area contributed by atoms with E-state index in [1.807, 2.05) is 24.3 Å². The smallest absolute Gasteiger partial charge is 0.326 e. The Balaban J connectivity index is 1.32. The molecule has 3 aromatic rings. The monoisotopic (exact) mass is 524 g/mol. The Labute approximate surface area is 214 Å². The Morgan fingerprint density at radius 1 is 1.11 bits per heavy atom. The Kier molecular flexibility index (Phi) is 6.34. The van der Waals surface area contributed by atoms with E-state index in [1.165, 1.54) is 24.6 Å². The van der Waals surface area contributed by atoms with Gasteiger partial charge in [-0.1, -0.05) is 35.9 Å². The highest BCUT2D eigenvalue weighted by molar-refractivity contribution is 7.90. The van der Waals surface area contributed by atoms with Gasteiger partial charge in [0.1, 0.15) is 6.04 Å². The highest BCUT2D eigenvalue weighted by atomic mass is 35.5. The summed E-state index contributed by atoms with van der Waals surface area (Å²) >= 11 is 6.12. The average Bonchev–Trinajstić information content (AvgIpc) is 3.46. The van der Waals surface area contributed by atoms with Crippen LogP contribution in [-0.2, 0) is 21.1 Å². The zero-order valence-electron chi connectivity index (χ0n) is 19.5. The maximum absolute atomic E-state index is 12.7. The van der Waals surface area contributed by atoms with Crippen LogP contribution in [-0.4, -0.2) is 42.7 Å². The van der Waals surface area contributed by atoms with Crippen LogP contribution in [0.2, 0.25) is 5.02 Å². The van der Waals surface area contributed by atoms with E-state index in [4.69, 9.17) is 16.6 Å². The van der Waals surface area contributed by atoms with E-state index in [0.29, 0.717) is 17.8 Å². The molecule has 9 heteroatoms. The van der Waals surface area contributed by atoms with Gasteiger partial charge in [-0.25, -0.2) is 13.2 Å². The van der Waals surface area contributed by atoms with Crippen molar-refractivity contribution in [3.63, 3.8) is 0 Å². The van der Waals surface area contributed by atoms with Gasteiger partial charge < -0.3 is 10.4 Å². The topological polar surface area (TPSA) is 113 Å².